The number of benzene rings is 1. The molecule has 1 aromatic rings. The predicted molar refractivity (Wildman–Crippen MR) is 68.5 cm³/mol. The lowest BCUT2D eigenvalue weighted by Gasteiger charge is -2.37. The van der Waals surface area contributed by atoms with Crippen LogP contribution in [-0.2, 0) is 6.42 Å². The normalized spacial score (nSPS) is 14.2. The Kier molecular flexibility index (Phi) is 4.11. The maximum Gasteiger partial charge on any atom is 0.0967 e. The Hall–Kier alpha value is -0.860. The van der Waals surface area contributed by atoms with Gasteiger partial charge in [-0.2, -0.15) is 0 Å². The zero-order valence-corrected chi connectivity index (χ0v) is 11.0. The molecule has 1 aromatic carbocycles. The van der Waals surface area contributed by atoms with E-state index in [2.05, 4.69) is 19.1 Å². The van der Waals surface area contributed by atoms with Crippen LogP contribution in [0.15, 0.2) is 24.3 Å². The molecule has 0 bridgehead atoms. The number of aliphatic hydroxyl groups is 1. The van der Waals surface area contributed by atoms with Crippen molar-refractivity contribution < 1.29 is 5.11 Å². The Morgan fingerprint density at radius 3 is 2.06 bits per heavy atom. The molecule has 0 aromatic heterocycles. The number of aryl methyl sites for hydroxylation is 1. The third kappa shape index (κ3) is 2.63. The maximum absolute atomic E-state index is 10.3. The molecule has 90 valence electrons. The van der Waals surface area contributed by atoms with Crippen molar-refractivity contribution in [3.05, 3.63) is 35.4 Å². The lowest BCUT2D eigenvalue weighted by atomic mass is 9.90. The van der Waals surface area contributed by atoms with E-state index in [0.29, 0.717) is 0 Å². The number of hydrogen-bond donors (Lipinski definition) is 1. The van der Waals surface area contributed by atoms with Gasteiger partial charge in [0.05, 0.1) is 6.10 Å². The molecule has 1 atom stereocenters. The fourth-order valence-corrected chi connectivity index (χ4v) is 1.59. The topological polar surface area (TPSA) is 23.5 Å². The highest BCUT2D eigenvalue weighted by Crippen LogP contribution is 2.29. The molecule has 0 radical (unpaired) electrons. The summed E-state index contributed by atoms with van der Waals surface area (Å²) in [6.45, 7) is 6.23. The Morgan fingerprint density at radius 2 is 1.69 bits per heavy atom. The van der Waals surface area contributed by atoms with E-state index >= 15 is 0 Å². The van der Waals surface area contributed by atoms with Crippen LogP contribution in [0, 0.1) is 0 Å². The van der Waals surface area contributed by atoms with E-state index in [1.165, 1.54) is 5.56 Å². The van der Waals surface area contributed by atoms with Crippen molar-refractivity contribution in [2.24, 2.45) is 0 Å². The van der Waals surface area contributed by atoms with E-state index in [1.54, 1.807) is 0 Å². The zero-order chi connectivity index (χ0) is 12.3. The first-order chi connectivity index (χ1) is 7.39. The minimum absolute atomic E-state index is 0.256. The average molecular weight is 221 g/mol. The van der Waals surface area contributed by atoms with Gasteiger partial charge in [-0.25, -0.2) is 0 Å². The molecule has 0 aliphatic rings. The molecule has 0 fully saturated rings. The van der Waals surface area contributed by atoms with Crippen LogP contribution in [0.25, 0.3) is 0 Å². The van der Waals surface area contributed by atoms with Crippen LogP contribution < -0.4 is 0 Å². The van der Waals surface area contributed by atoms with Gasteiger partial charge < -0.3 is 10.0 Å². The second kappa shape index (κ2) is 4.98. The summed E-state index contributed by atoms with van der Waals surface area (Å²) in [7, 11) is 3.98. The Balaban J connectivity index is 2.91. The number of rotatable bonds is 4. The van der Waals surface area contributed by atoms with Crippen LogP contribution in [0.5, 0.6) is 0 Å². The summed E-state index contributed by atoms with van der Waals surface area (Å²) in [4.78, 5) is 2.05. The summed E-state index contributed by atoms with van der Waals surface area (Å²) in [5.74, 6) is 0. The Labute approximate surface area is 98.9 Å². The van der Waals surface area contributed by atoms with Crippen molar-refractivity contribution in [3.8, 4) is 0 Å². The summed E-state index contributed by atoms with van der Waals surface area (Å²) in [6, 6.07) is 8.22. The first kappa shape index (κ1) is 13.2. The summed E-state index contributed by atoms with van der Waals surface area (Å²) in [6.07, 6.45) is 0.571. The summed E-state index contributed by atoms with van der Waals surface area (Å²) in [5.41, 5.74) is 2.03. The molecule has 0 saturated carbocycles. The molecule has 2 heteroatoms. The van der Waals surface area contributed by atoms with Gasteiger partial charge in [0.2, 0.25) is 0 Å². The van der Waals surface area contributed by atoms with E-state index in [1.807, 2.05) is 45.0 Å². The highest BCUT2D eigenvalue weighted by molar-refractivity contribution is 5.26. The molecular formula is C14H23NO. The minimum Gasteiger partial charge on any atom is -0.386 e. The largest absolute Gasteiger partial charge is 0.386 e. The van der Waals surface area contributed by atoms with E-state index in [0.717, 1.165) is 12.0 Å². The molecule has 0 saturated heterocycles. The second-order valence-corrected chi connectivity index (χ2v) is 5.05. The highest BCUT2D eigenvalue weighted by Gasteiger charge is 2.30. The molecule has 0 amide bonds. The van der Waals surface area contributed by atoms with Gasteiger partial charge in [0.1, 0.15) is 0 Å². The van der Waals surface area contributed by atoms with Crippen LogP contribution in [0.2, 0.25) is 0 Å². The van der Waals surface area contributed by atoms with E-state index < -0.39 is 6.10 Å². The standard InChI is InChI=1S/C14H23NO/c1-6-11-7-9-12(10-8-11)13(16)14(2,3)15(4)5/h7-10,13,16H,6H2,1-5H3. The monoisotopic (exact) mass is 221 g/mol. The summed E-state index contributed by atoms with van der Waals surface area (Å²) < 4.78 is 0. The zero-order valence-electron chi connectivity index (χ0n) is 11.0. The molecule has 1 unspecified atom stereocenters. The van der Waals surface area contributed by atoms with Crippen molar-refractivity contribution in [3.63, 3.8) is 0 Å². The summed E-state index contributed by atoms with van der Waals surface area (Å²) in [5, 5.41) is 10.3. The van der Waals surface area contributed by atoms with Crippen molar-refractivity contribution in [2.45, 2.75) is 38.8 Å². The molecule has 0 heterocycles. The van der Waals surface area contributed by atoms with Gasteiger partial charge in [-0.15, -0.1) is 0 Å². The van der Waals surface area contributed by atoms with Gasteiger partial charge in [-0.1, -0.05) is 31.2 Å². The third-order valence-electron chi connectivity index (χ3n) is 3.53. The van der Waals surface area contributed by atoms with Crippen molar-refractivity contribution >= 4 is 0 Å². The number of aliphatic hydroxyl groups excluding tert-OH is 1. The molecule has 1 N–H and O–H groups in total. The average Bonchev–Trinajstić information content (AvgIpc) is 2.28. The van der Waals surface area contributed by atoms with E-state index in [9.17, 15) is 5.11 Å². The molecule has 0 aliphatic heterocycles. The SMILES string of the molecule is CCc1ccc(C(O)C(C)(C)N(C)C)cc1. The minimum atomic E-state index is -0.464. The number of likely N-dealkylation sites (N-methyl/N-ethyl adjacent to an activating group) is 1. The van der Waals surface area contributed by atoms with Gasteiger partial charge in [-0.05, 0) is 45.5 Å². The Morgan fingerprint density at radius 1 is 1.19 bits per heavy atom. The third-order valence-corrected chi connectivity index (χ3v) is 3.53. The molecule has 0 aliphatic carbocycles. The predicted octanol–water partition coefficient (Wildman–Crippen LogP) is 2.62. The molecular weight excluding hydrogens is 198 g/mol. The van der Waals surface area contributed by atoms with Crippen LogP contribution in [0.4, 0.5) is 0 Å². The lowest BCUT2D eigenvalue weighted by Crippen LogP contribution is -2.43. The lowest BCUT2D eigenvalue weighted by molar-refractivity contribution is 0.0164. The van der Waals surface area contributed by atoms with Crippen LogP contribution in [-0.4, -0.2) is 29.6 Å². The van der Waals surface area contributed by atoms with Crippen LogP contribution in [0.1, 0.15) is 38.0 Å². The first-order valence-electron chi connectivity index (χ1n) is 5.84. The number of hydrogen-bond acceptors (Lipinski definition) is 2. The smallest absolute Gasteiger partial charge is 0.0967 e. The summed E-state index contributed by atoms with van der Waals surface area (Å²) >= 11 is 0. The van der Waals surface area contributed by atoms with Gasteiger partial charge in [0.15, 0.2) is 0 Å². The van der Waals surface area contributed by atoms with E-state index in [4.69, 9.17) is 0 Å². The van der Waals surface area contributed by atoms with Crippen molar-refractivity contribution in [2.75, 3.05) is 14.1 Å². The Bertz CT molecular complexity index is 327. The molecule has 16 heavy (non-hydrogen) atoms. The van der Waals surface area contributed by atoms with Crippen LogP contribution in [0.3, 0.4) is 0 Å². The van der Waals surface area contributed by atoms with Crippen molar-refractivity contribution in [1.29, 1.82) is 0 Å². The fraction of sp³-hybridized carbons (Fsp3) is 0.571. The molecule has 1 rings (SSSR count). The quantitative estimate of drug-likeness (QED) is 0.845. The van der Waals surface area contributed by atoms with Gasteiger partial charge in [-0.3, -0.25) is 0 Å². The van der Waals surface area contributed by atoms with Gasteiger partial charge >= 0.3 is 0 Å². The van der Waals surface area contributed by atoms with Gasteiger partial charge in [0.25, 0.3) is 0 Å². The molecule has 0 spiro atoms. The van der Waals surface area contributed by atoms with Gasteiger partial charge in [0, 0.05) is 5.54 Å². The first-order valence-corrected chi connectivity index (χ1v) is 5.84. The van der Waals surface area contributed by atoms with Crippen LogP contribution >= 0.6 is 0 Å². The maximum atomic E-state index is 10.3. The van der Waals surface area contributed by atoms with E-state index in [-0.39, 0.29) is 5.54 Å². The molecule has 2 nitrogen and oxygen atoms in total. The number of nitrogens with zero attached hydrogens (tertiary/aromatic N) is 1. The highest BCUT2D eigenvalue weighted by atomic mass is 16.3. The second-order valence-electron chi connectivity index (χ2n) is 5.05. The fourth-order valence-electron chi connectivity index (χ4n) is 1.59. The van der Waals surface area contributed by atoms with Crippen molar-refractivity contribution in [1.82, 2.24) is 4.90 Å².